The van der Waals surface area contributed by atoms with Gasteiger partial charge in [0, 0.05) is 22.7 Å². The molecule has 1 aliphatic rings. The van der Waals surface area contributed by atoms with Gasteiger partial charge in [-0.3, -0.25) is 4.79 Å². The molecule has 0 atom stereocenters. The van der Waals surface area contributed by atoms with Crippen LogP contribution in [0.3, 0.4) is 0 Å². The van der Waals surface area contributed by atoms with Gasteiger partial charge in [-0.15, -0.1) is 0 Å². The van der Waals surface area contributed by atoms with Crippen LogP contribution in [0.1, 0.15) is 12.0 Å². The topological polar surface area (TPSA) is 22.0 Å². The number of fused-ring (bicyclic) bond motifs is 2. The number of hydrogen-bond acceptors (Lipinski definition) is 1. The van der Waals surface area contributed by atoms with E-state index in [0.717, 1.165) is 34.5 Å². The van der Waals surface area contributed by atoms with Crippen molar-refractivity contribution in [2.45, 2.75) is 13.0 Å². The van der Waals surface area contributed by atoms with Crippen LogP contribution in [0.2, 0.25) is 0 Å². The van der Waals surface area contributed by atoms with Gasteiger partial charge in [-0.1, -0.05) is 60.7 Å². The molecule has 110 valence electrons. The van der Waals surface area contributed by atoms with Crippen molar-refractivity contribution in [3.63, 3.8) is 0 Å². The van der Waals surface area contributed by atoms with Crippen LogP contribution >= 0.6 is 0 Å². The lowest BCUT2D eigenvalue weighted by atomic mass is 9.99. The Morgan fingerprint density at radius 2 is 1.52 bits per heavy atom. The van der Waals surface area contributed by atoms with Crippen molar-refractivity contribution < 1.29 is 0 Å². The Balaban J connectivity index is 2.08. The molecule has 0 aliphatic carbocycles. The minimum atomic E-state index is 0.134. The number of hydrogen-bond donors (Lipinski definition) is 0. The van der Waals surface area contributed by atoms with E-state index in [1.54, 1.807) is 0 Å². The fourth-order valence-electron chi connectivity index (χ4n) is 3.91. The molecule has 0 unspecified atom stereocenters. The summed E-state index contributed by atoms with van der Waals surface area (Å²) in [5.74, 6) is 0. The first-order chi connectivity index (χ1) is 11.3. The Morgan fingerprint density at radius 3 is 2.30 bits per heavy atom. The molecule has 0 fully saturated rings. The van der Waals surface area contributed by atoms with E-state index in [0.29, 0.717) is 0 Å². The zero-order valence-corrected chi connectivity index (χ0v) is 12.6. The molecule has 5 rings (SSSR count). The van der Waals surface area contributed by atoms with Gasteiger partial charge in [0.2, 0.25) is 0 Å². The molecular formula is C21H15NO. The molecule has 0 spiro atoms. The summed E-state index contributed by atoms with van der Waals surface area (Å²) in [6, 6.07) is 22.8. The van der Waals surface area contributed by atoms with Crippen LogP contribution in [0.5, 0.6) is 0 Å². The van der Waals surface area contributed by atoms with Crippen LogP contribution in [0.15, 0.2) is 71.5 Å². The Kier molecular flexibility index (Phi) is 2.51. The van der Waals surface area contributed by atoms with Crippen LogP contribution in [0.4, 0.5) is 0 Å². The molecule has 2 heterocycles. The molecule has 0 saturated heterocycles. The third kappa shape index (κ3) is 1.66. The van der Waals surface area contributed by atoms with E-state index in [1.807, 2.05) is 22.8 Å². The third-order valence-corrected chi connectivity index (χ3v) is 4.90. The van der Waals surface area contributed by atoms with Crippen LogP contribution in [0, 0.1) is 0 Å². The van der Waals surface area contributed by atoms with Crippen molar-refractivity contribution in [1.82, 2.24) is 4.57 Å². The highest BCUT2D eigenvalue weighted by Gasteiger charge is 2.19. The summed E-state index contributed by atoms with van der Waals surface area (Å²) < 4.78 is 1.96. The van der Waals surface area contributed by atoms with E-state index in [9.17, 15) is 4.79 Å². The molecular weight excluding hydrogens is 282 g/mol. The second-order valence-electron chi connectivity index (χ2n) is 6.11. The first kappa shape index (κ1) is 12.7. The minimum Gasteiger partial charge on any atom is -0.307 e. The van der Waals surface area contributed by atoms with Crippen LogP contribution in [-0.4, -0.2) is 4.57 Å². The van der Waals surface area contributed by atoms with E-state index < -0.39 is 0 Å². The lowest BCUT2D eigenvalue weighted by Crippen LogP contribution is -2.31. The summed E-state index contributed by atoms with van der Waals surface area (Å²) in [7, 11) is 0. The maximum absolute atomic E-state index is 13.0. The van der Waals surface area contributed by atoms with Gasteiger partial charge < -0.3 is 4.57 Å². The zero-order valence-electron chi connectivity index (χ0n) is 12.6. The van der Waals surface area contributed by atoms with Crippen molar-refractivity contribution in [3.05, 3.63) is 88.0 Å². The fourth-order valence-corrected chi connectivity index (χ4v) is 3.91. The Labute approximate surface area is 133 Å². The highest BCUT2D eigenvalue weighted by molar-refractivity contribution is 6.10. The van der Waals surface area contributed by atoms with Crippen LogP contribution in [0.25, 0.3) is 27.1 Å². The summed E-state index contributed by atoms with van der Waals surface area (Å²) in [5.41, 5.74) is 2.63. The Bertz CT molecular complexity index is 1160. The highest BCUT2D eigenvalue weighted by atomic mass is 16.1. The first-order valence-corrected chi connectivity index (χ1v) is 7.97. The van der Waals surface area contributed by atoms with Gasteiger partial charge in [0.25, 0.3) is 5.56 Å². The third-order valence-electron chi connectivity index (χ3n) is 4.90. The summed E-state index contributed by atoms with van der Waals surface area (Å²) >= 11 is 0. The van der Waals surface area contributed by atoms with Gasteiger partial charge in [-0.2, -0.15) is 0 Å². The predicted molar refractivity (Wildman–Crippen MR) is 94.5 cm³/mol. The Morgan fingerprint density at radius 1 is 0.783 bits per heavy atom. The number of pyridine rings is 1. The molecule has 1 aliphatic heterocycles. The van der Waals surface area contributed by atoms with E-state index >= 15 is 0 Å². The molecule has 0 N–H and O–H groups in total. The molecule has 0 amide bonds. The van der Waals surface area contributed by atoms with Gasteiger partial charge >= 0.3 is 0 Å². The maximum atomic E-state index is 13.0. The molecule has 0 radical (unpaired) electrons. The number of nitrogens with zero attached hydrogens (tertiary/aromatic N) is 1. The molecule has 3 aromatic carbocycles. The van der Waals surface area contributed by atoms with Gasteiger partial charge in [0.05, 0.1) is 5.35 Å². The second-order valence-corrected chi connectivity index (χ2v) is 6.11. The van der Waals surface area contributed by atoms with Crippen molar-refractivity contribution in [2.24, 2.45) is 0 Å². The number of rotatable bonds is 1. The zero-order chi connectivity index (χ0) is 15.4. The minimum absolute atomic E-state index is 0.134. The molecule has 23 heavy (non-hydrogen) atoms. The van der Waals surface area contributed by atoms with E-state index in [-0.39, 0.29) is 5.56 Å². The predicted octanol–water partition coefficient (Wildman–Crippen LogP) is 3.48. The summed E-state index contributed by atoms with van der Waals surface area (Å²) in [6.45, 7) is 0.767. The molecule has 0 saturated carbocycles. The monoisotopic (exact) mass is 297 g/mol. The summed E-state index contributed by atoms with van der Waals surface area (Å²) in [4.78, 5) is 13.0. The average Bonchev–Trinajstić information content (AvgIpc) is 3.05. The number of aromatic nitrogens is 1. The van der Waals surface area contributed by atoms with Crippen molar-refractivity contribution >= 4 is 27.1 Å². The first-order valence-electron chi connectivity index (χ1n) is 7.97. The molecule has 4 aromatic rings. The summed E-state index contributed by atoms with van der Waals surface area (Å²) in [6.07, 6.45) is 0.912. The lowest BCUT2D eigenvalue weighted by molar-refractivity contribution is 0.718. The van der Waals surface area contributed by atoms with Crippen LogP contribution < -0.4 is 10.9 Å². The van der Waals surface area contributed by atoms with E-state index in [4.69, 9.17) is 0 Å². The Hall–Kier alpha value is -2.87. The van der Waals surface area contributed by atoms with Crippen molar-refractivity contribution in [3.8, 4) is 0 Å². The standard InChI is InChI=1S/C21H15NO/c23-21-18-11-5-9-15-8-4-10-17(19(15)18)20-16(12-13-22(20)21)14-6-2-1-3-7-14/h1-11H,12-13H2. The van der Waals surface area contributed by atoms with Gasteiger partial charge in [-0.25, -0.2) is 0 Å². The van der Waals surface area contributed by atoms with Crippen molar-refractivity contribution in [2.75, 3.05) is 0 Å². The smallest absolute Gasteiger partial charge is 0.258 e. The fraction of sp³-hybridized carbons (Fsp3) is 0.0952. The summed E-state index contributed by atoms with van der Waals surface area (Å²) in [5, 5.41) is 5.36. The van der Waals surface area contributed by atoms with Gasteiger partial charge in [0.15, 0.2) is 0 Å². The van der Waals surface area contributed by atoms with E-state index in [1.165, 1.54) is 16.5 Å². The largest absolute Gasteiger partial charge is 0.307 e. The second kappa shape index (κ2) is 4.56. The van der Waals surface area contributed by atoms with Crippen LogP contribution in [-0.2, 0) is 6.54 Å². The maximum Gasteiger partial charge on any atom is 0.258 e. The molecule has 2 heteroatoms. The lowest BCUT2D eigenvalue weighted by Gasteiger charge is -2.09. The molecule has 0 bridgehead atoms. The van der Waals surface area contributed by atoms with Crippen molar-refractivity contribution in [1.29, 1.82) is 0 Å². The van der Waals surface area contributed by atoms with Gasteiger partial charge in [-0.05, 0) is 29.0 Å². The SMILES string of the molecule is O=c1c2cccc3cccc(c4n1CCC=4c1ccccc1)c32. The normalized spacial score (nSPS) is 13.8. The quantitative estimate of drug-likeness (QED) is 0.527. The number of benzene rings is 3. The van der Waals surface area contributed by atoms with Gasteiger partial charge in [0.1, 0.15) is 0 Å². The molecule has 1 aromatic heterocycles. The van der Waals surface area contributed by atoms with E-state index in [2.05, 4.69) is 48.5 Å². The molecule has 2 nitrogen and oxygen atoms in total. The highest BCUT2D eigenvalue weighted by Crippen LogP contribution is 2.26. The average molecular weight is 297 g/mol.